The van der Waals surface area contributed by atoms with Gasteiger partial charge < -0.3 is 10.2 Å². The Morgan fingerprint density at radius 2 is 2.35 bits per heavy atom. The Bertz CT molecular complexity index is 469. The number of thioether (sulfide) groups is 1. The summed E-state index contributed by atoms with van der Waals surface area (Å²) in [6, 6.07) is 0. The van der Waals surface area contributed by atoms with E-state index in [2.05, 4.69) is 9.97 Å². The summed E-state index contributed by atoms with van der Waals surface area (Å²) in [5, 5.41) is 17.0. The number of aromatic nitrogens is 3. The first-order valence-electron chi connectivity index (χ1n) is 5.05. The minimum absolute atomic E-state index is 0.309. The second-order valence-electron chi connectivity index (χ2n) is 3.78. The fraction of sp³-hybridized carbons (Fsp3) is 0.667. The van der Waals surface area contributed by atoms with Crippen LogP contribution in [-0.4, -0.2) is 48.9 Å². The maximum atomic E-state index is 13.8. The van der Waals surface area contributed by atoms with Crippen molar-refractivity contribution in [2.75, 3.05) is 6.61 Å². The summed E-state index contributed by atoms with van der Waals surface area (Å²) in [5.74, 6) is 0.309. The second-order valence-corrected chi connectivity index (χ2v) is 5.14. The third kappa shape index (κ3) is 2.20. The number of halogens is 1. The number of nitrogens with zero attached hydrogens (tertiary/aromatic N) is 3. The van der Waals surface area contributed by atoms with E-state index in [-0.39, 0.29) is 6.61 Å². The van der Waals surface area contributed by atoms with Gasteiger partial charge in [0.05, 0.1) is 11.9 Å². The Hall–Kier alpha value is -0.990. The zero-order valence-electron chi connectivity index (χ0n) is 9.02. The number of hydrogen-bond acceptors (Lipinski definition) is 6. The summed E-state index contributed by atoms with van der Waals surface area (Å²) in [7, 11) is 0. The van der Waals surface area contributed by atoms with Crippen LogP contribution in [0.4, 0.5) is 4.39 Å². The number of aliphatic hydroxyl groups excluding tert-OH is 2. The van der Waals surface area contributed by atoms with Crippen molar-refractivity contribution in [3.8, 4) is 0 Å². The van der Waals surface area contributed by atoms with E-state index < -0.39 is 28.6 Å². The van der Waals surface area contributed by atoms with Gasteiger partial charge in [-0.15, -0.1) is 11.8 Å². The van der Waals surface area contributed by atoms with Crippen LogP contribution in [0.2, 0.25) is 0 Å². The van der Waals surface area contributed by atoms with Gasteiger partial charge in [0.2, 0.25) is 0 Å². The standard InChI is InChI=1S/C9H12FN3O3S/c1-4-11-3-13(9(16)12-4)8-6(10)7(15)5(2-14)17-8/h3,5-8,14-15H,2H2,1H3/t5-,6+,7-,8+/m1/s1. The Morgan fingerprint density at radius 3 is 2.88 bits per heavy atom. The topological polar surface area (TPSA) is 88.2 Å². The van der Waals surface area contributed by atoms with E-state index in [0.717, 1.165) is 16.3 Å². The molecule has 0 saturated carbocycles. The van der Waals surface area contributed by atoms with Crippen LogP contribution in [0.15, 0.2) is 11.1 Å². The van der Waals surface area contributed by atoms with E-state index in [9.17, 15) is 14.3 Å². The number of rotatable bonds is 2. The van der Waals surface area contributed by atoms with Crippen LogP contribution in [0.25, 0.3) is 0 Å². The van der Waals surface area contributed by atoms with Gasteiger partial charge in [-0.25, -0.2) is 14.2 Å². The quantitative estimate of drug-likeness (QED) is 0.728. The normalized spacial score (nSPS) is 32.9. The smallest absolute Gasteiger partial charge is 0.351 e. The summed E-state index contributed by atoms with van der Waals surface area (Å²) < 4.78 is 14.8. The maximum Gasteiger partial charge on any atom is 0.351 e. The highest BCUT2D eigenvalue weighted by molar-refractivity contribution is 8.00. The summed E-state index contributed by atoms with van der Waals surface area (Å²) in [4.78, 5) is 19.0. The van der Waals surface area contributed by atoms with Crippen molar-refractivity contribution in [3.05, 3.63) is 22.6 Å². The SMILES string of the molecule is Cc1ncn([C@H]2S[C@H](CO)[C@@H](O)[C@@H]2F)c(=O)n1. The third-order valence-electron chi connectivity index (χ3n) is 2.60. The van der Waals surface area contributed by atoms with E-state index >= 15 is 0 Å². The number of aryl methyl sites for hydroxylation is 1. The first-order valence-corrected chi connectivity index (χ1v) is 5.99. The molecule has 17 heavy (non-hydrogen) atoms. The molecule has 0 bridgehead atoms. The van der Waals surface area contributed by atoms with E-state index in [0.29, 0.717) is 5.82 Å². The highest BCUT2D eigenvalue weighted by atomic mass is 32.2. The van der Waals surface area contributed by atoms with Gasteiger partial charge in [0.1, 0.15) is 23.6 Å². The van der Waals surface area contributed by atoms with Crippen molar-refractivity contribution in [1.82, 2.24) is 14.5 Å². The molecule has 94 valence electrons. The molecule has 0 spiro atoms. The highest BCUT2D eigenvalue weighted by Crippen LogP contribution is 2.42. The van der Waals surface area contributed by atoms with Crippen molar-refractivity contribution in [1.29, 1.82) is 0 Å². The lowest BCUT2D eigenvalue weighted by molar-refractivity contribution is 0.0629. The van der Waals surface area contributed by atoms with Crippen LogP contribution >= 0.6 is 11.8 Å². The summed E-state index contributed by atoms with van der Waals surface area (Å²) in [5.41, 5.74) is -0.608. The molecule has 0 aliphatic carbocycles. The predicted molar refractivity (Wildman–Crippen MR) is 59.4 cm³/mol. The fourth-order valence-electron chi connectivity index (χ4n) is 1.67. The summed E-state index contributed by atoms with van der Waals surface area (Å²) in [6.07, 6.45) is -1.70. The van der Waals surface area contributed by atoms with Crippen LogP contribution in [0.3, 0.4) is 0 Å². The van der Waals surface area contributed by atoms with Crippen molar-refractivity contribution in [2.24, 2.45) is 0 Å². The lowest BCUT2D eigenvalue weighted by atomic mass is 10.1. The average Bonchev–Trinajstić information content (AvgIpc) is 2.57. The van der Waals surface area contributed by atoms with Crippen molar-refractivity contribution in [2.45, 2.75) is 29.8 Å². The monoisotopic (exact) mass is 261 g/mol. The molecule has 1 aromatic rings. The first-order chi connectivity index (χ1) is 8.04. The predicted octanol–water partition coefficient (Wildman–Crippen LogP) is -0.748. The van der Waals surface area contributed by atoms with Crippen molar-refractivity contribution >= 4 is 11.8 Å². The van der Waals surface area contributed by atoms with Crippen LogP contribution in [0, 0.1) is 6.92 Å². The number of aliphatic hydroxyl groups is 2. The van der Waals surface area contributed by atoms with Gasteiger partial charge in [0.15, 0.2) is 6.17 Å². The van der Waals surface area contributed by atoms with Crippen LogP contribution < -0.4 is 5.69 Å². The van der Waals surface area contributed by atoms with E-state index in [1.54, 1.807) is 6.92 Å². The molecule has 0 radical (unpaired) electrons. The highest BCUT2D eigenvalue weighted by Gasteiger charge is 2.44. The van der Waals surface area contributed by atoms with Gasteiger partial charge in [0, 0.05) is 0 Å². The van der Waals surface area contributed by atoms with Crippen LogP contribution in [0.1, 0.15) is 11.2 Å². The Kier molecular flexibility index (Phi) is 3.45. The molecular weight excluding hydrogens is 249 g/mol. The Labute approximate surface area is 101 Å². The second kappa shape index (κ2) is 4.71. The zero-order chi connectivity index (χ0) is 12.6. The molecule has 1 aliphatic rings. The molecule has 0 aromatic carbocycles. The molecule has 2 rings (SSSR count). The molecule has 1 saturated heterocycles. The molecular formula is C9H12FN3O3S. The zero-order valence-corrected chi connectivity index (χ0v) is 9.84. The summed E-state index contributed by atoms with van der Waals surface area (Å²) >= 11 is 1.01. The van der Waals surface area contributed by atoms with Gasteiger partial charge in [0.25, 0.3) is 0 Å². The van der Waals surface area contributed by atoms with Crippen LogP contribution in [0.5, 0.6) is 0 Å². The van der Waals surface area contributed by atoms with Gasteiger partial charge in [-0.3, -0.25) is 4.57 Å². The summed E-state index contributed by atoms with van der Waals surface area (Å²) in [6.45, 7) is 1.22. The number of hydrogen-bond donors (Lipinski definition) is 2. The molecule has 2 heterocycles. The molecule has 0 unspecified atom stereocenters. The molecule has 2 N–H and O–H groups in total. The first kappa shape index (κ1) is 12.5. The Balaban J connectivity index is 2.32. The minimum atomic E-state index is -1.62. The van der Waals surface area contributed by atoms with Gasteiger partial charge >= 0.3 is 5.69 Å². The average molecular weight is 261 g/mol. The lowest BCUT2D eigenvalue weighted by Gasteiger charge is -2.14. The number of alkyl halides is 1. The van der Waals surface area contributed by atoms with Gasteiger partial charge in [-0.2, -0.15) is 4.98 Å². The van der Waals surface area contributed by atoms with Crippen molar-refractivity contribution < 1.29 is 14.6 Å². The lowest BCUT2D eigenvalue weighted by Crippen LogP contribution is -2.33. The molecule has 8 heteroatoms. The van der Waals surface area contributed by atoms with E-state index in [1.165, 1.54) is 6.33 Å². The van der Waals surface area contributed by atoms with Crippen LogP contribution in [-0.2, 0) is 0 Å². The fourth-order valence-corrected chi connectivity index (χ4v) is 3.02. The molecule has 4 atom stereocenters. The van der Waals surface area contributed by atoms with Crippen molar-refractivity contribution in [3.63, 3.8) is 0 Å². The molecule has 1 aromatic heterocycles. The Morgan fingerprint density at radius 1 is 1.65 bits per heavy atom. The third-order valence-corrected chi connectivity index (χ3v) is 4.14. The van der Waals surface area contributed by atoms with E-state index in [4.69, 9.17) is 5.11 Å². The molecule has 1 fully saturated rings. The largest absolute Gasteiger partial charge is 0.395 e. The van der Waals surface area contributed by atoms with E-state index in [1.807, 2.05) is 0 Å². The molecule has 0 amide bonds. The van der Waals surface area contributed by atoms with Gasteiger partial charge in [-0.05, 0) is 6.92 Å². The minimum Gasteiger partial charge on any atom is -0.395 e. The maximum absolute atomic E-state index is 13.8. The molecule has 6 nitrogen and oxygen atoms in total. The van der Waals surface area contributed by atoms with Gasteiger partial charge in [-0.1, -0.05) is 0 Å². The molecule has 1 aliphatic heterocycles.